The fraction of sp³-hybridized carbons (Fsp3) is 0.529. The molecule has 0 spiro atoms. The molecule has 0 unspecified atom stereocenters. The number of carbonyl (C=O) groups is 2. The fourth-order valence-electron chi connectivity index (χ4n) is 3.10. The van der Waals surface area contributed by atoms with Crippen molar-refractivity contribution in [3.05, 3.63) is 16.6 Å². The highest BCUT2D eigenvalue weighted by molar-refractivity contribution is 7.80. The number of hydrogen-bond donors (Lipinski definition) is 0. The molecule has 2 saturated heterocycles. The van der Waals surface area contributed by atoms with Crippen LogP contribution in [0.15, 0.2) is 11.8 Å². The van der Waals surface area contributed by atoms with E-state index in [2.05, 4.69) is 9.88 Å². The summed E-state index contributed by atoms with van der Waals surface area (Å²) in [5.41, 5.74) is 0.158. The van der Waals surface area contributed by atoms with Crippen LogP contribution in [0.3, 0.4) is 0 Å². The zero-order chi connectivity index (χ0) is 18.0. The third kappa shape index (κ3) is 3.46. The molecule has 0 saturated carbocycles. The Bertz CT molecular complexity index is 694. The Balaban J connectivity index is 1.88. The van der Waals surface area contributed by atoms with Crippen LogP contribution in [-0.2, 0) is 9.59 Å². The zero-order valence-corrected chi connectivity index (χ0v) is 16.2. The van der Waals surface area contributed by atoms with Gasteiger partial charge in [-0.3, -0.25) is 19.4 Å². The lowest BCUT2D eigenvalue weighted by atomic mass is 10.1. The first kappa shape index (κ1) is 18.0. The first-order chi connectivity index (χ1) is 12.1. The van der Waals surface area contributed by atoms with E-state index >= 15 is 0 Å². The van der Waals surface area contributed by atoms with E-state index in [9.17, 15) is 9.59 Å². The van der Waals surface area contributed by atoms with Crippen molar-refractivity contribution in [3.8, 4) is 0 Å². The van der Waals surface area contributed by atoms with Gasteiger partial charge in [0, 0.05) is 32.4 Å². The normalized spacial score (nSPS) is 19.0. The lowest BCUT2D eigenvalue weighted by molar-refractivity contribution is -0.133. The predicted octanol–water partition coefficient (Wildman–Crippen LogP) is 2.51. The molecular formula is C17H22N4O2S2. The van der Waals surface area contributed by atoms with Crippen LogP contribution < -0.4 is 4.90 Å². The van der Waals surface area contributed by atoms with Crippen LogP contribution in [0.4, 0.5) is 5.13 Å². The molecule has 0 aromatic carbocycles. The summed E-state index contributed by atoms with van der Waals surface area (Å²) in [6.07, 6.45) is 7.02. The van der Waals surface area contributed by atoms with Crippen LogP contribution in [-0.4, -0.2) is 57.9 Å². The molecule has 3 rings (SSSR count). The van der Waals surface area contributed by atoms with Crippen LogP contribution in [0.25, 0.3) is 6.08 Å². The number of thiazole rings is 1. The Kier molecular flexibility index (Phi) is 5.48. The molecule has 0 radical (unpaired) electrons. The van der Waals surface area contributed by atoms with Gasteiger partial charge in [0.15, 0.2) is 10.2 Å². The van der Waals surface area contributed by atoms with E-state index in [1.807, 2.05) is 13.8 Å². The van der Waals surface area contributed by atoms with Gasteiger partial charge < -0.3 is 4.90 Å². The number of piperidine rings is 1. The highest BCUT2D eigenvalue weighted by atomic mass is 32.1. The highest BCUT2D eigenvalue weighted by Gasteiger charge is 2.37. The van der Waals surface area contributed by atoms with Gasteiger partial charge in [-0.15, -0.1) is 0 Å². The Labute approximate surface area is 157 Å². The molecule has 0 N–H and O–H groups in total. The smallest absolute Gasteiger partial charge is 0.265 e. The molecule has 0 aliphatic carbocycles. The van der Waals surface area contributed by atoms with Crippen LogP contribution in [0, 0.1) is 0 Å². The molecule has 1 aromatic heterocycles. The number of rotatable bonds is 4. The summed E-state index contributed by atoms with van der Waals surface area (Å²) in [6.45, 7) is 6.63. The average molecular weight is 379 g/mol. The van der Waals surface area contributed by atoms with Gasteiger partial charge in [-0.1, -0.05) is 11.3 Å². The summed E-state index contributed by atoms with van der Waals surface area (Å²) < 4.78 is 0. The first-order valence-electron chi connectivity index (χ1n) is 8.67. The maximum atomic E-state index is 12.6. The second-order valence-corrected chi connectivity index (χ2v) is 7.44. The van der Waals surface area contributed by atoms with Crippen molar-refractivity contribution in [2.75, 3.05) is 31.1 Å². The topological polar surface area (TPSA) is 56.8 Å². The summed E-state index contributed by atoms with van der Waals surface area (Å²) in [6, 6.07) is 0. The van der Waals surface area contributed by atoms with E-state index in [1.54, 1.807) is 12.3 Å². The number of carbonyl (C=O) groups excluding carboxylic acids is 2. The van der Waals surface area contributed by atoms with Gasteiger partial charge in [0.2, 0.25) is 0 Å². The zero-order valence-electron chi connectivity index (χ0n) is 14.5. The minimum atomic E-state index is -0.324. The van der Waals surface area contributed by atoms with Crippen LogP contribution in [0.1, 0.15) is 38.0 Å². The molecule has 8 heteroatoms. The third-order valence-corrected chi connectivity index (χ3v) is 5.92. The SMILES string of the molecule is CCN1C(=O)C(=Cc2cnc(N3CCCCC3)s2)C(=O)N(CC)C1=S. The molecule has 0 atom stereocenters. The van der Waals surface area contributed by atoms with Crippen molar-refractivity contribution in [1.82, 2.24) is 14.8 Å². The van der Waals surface area contributed by atoms with Crippen molar-refractivity contribution >= 4 is 51.7 Å². The van der Waals surface area contributed by atoms with Crippen molar-refractivity contribution in [1.29, 1.82) is 0 Å². The lowest BCUT2D eigenvalue weighted by Crippen LogP contribution is -2.55. The number of hydrogen-bond acceptors (Lipinski definition) is 6. The summed E-state index contributed by atoms with van der Waals surface area (Å²) in [5, 5.41) is 1.24. The van der Waals surface area contributed by atoms with Gasteiger partial charge in [-0.05, 0) is 51.4 Å². The van der Waals surface area contributed by atoms with Gasteiger partial charge in [-0.25, -0.2) is 4.98 Å². The molecule has 0 bridgehead atoms. The fourth-order valence-corrected chi connectivity index (χ4v) is 4.43. The van der Waals surface area contributed by atoms with Gasteiger partial charge in [0.1, 0.15) is 5.57 Å². The summed E-state index contributed by atoms with van der Waals surface area (Å²) in [4.78, 5) is 35.8. The molecule has 2 aliphatic rings. The molecule has 3 heterocycles. The molecule has 1 aromatic rings. The number of likely N-dealkylation sites (N-methyl/N-ethyl adjacent to an activating group) is 2. The molecule has 2 amide bonds. The number of nitrogens with zero attached hydrogens (tertiary/aromatic N) is 4. The van der Waals surface area contributed by atoms with E-state index in [1.165, 1.54) is 40.4 Å². The van der Waals surface area contributed by atoms with Gasteiger partial charge >= 0.3 is 0 Å². The molecule has 6 nitrogen and oxygen atoms in total. The molecule has 2 fully saturated rings. The van der Waals surface area contributed by atoms with E-state index in [4.69, 9.17) is 12.2 Å². The van der Waals surface area contributed by atoms with E-state index in [0.717, 1.165) is 23.1 Å². The quantitative estimate of drug-likeness (QED) is 0.458. The summed E-state index contributed by atoms with van der Waals surface area (Å²) >= 11 is 6.79. The number of aromatic nitrogens is 1. The second-order valence-electron chi connectivity index (χ2n) is 6.03. The average Bonchev–Trinajstić information content (AvgIpc) is 3.09. The van der Waals surface area contributed by atoms with E-state index < -0.39 is 0 Å². The largest absolute Gasteiger partial charge is 0.348 e. The summed E-state index contributed by atoms with van der Waals surface area (Å²) in [7, 11) is 0. The first-order valence-corrected chi connectivity index (χ1v) is 9.89. The van der Waals surface area contributed by atoms with Gasteiger partial charge in [-0.2, -0.15) is 0 Å². The molecule has 25 heavy (non-hydrogen) atoms. The molecule has 2 aliphatic heterocycles. The Morgan fingerprint density at radius 3 is 2.28 bits per heavy atom. The van der Waals surface area contributed by atoms with Gasteiger partial charge in [0.05, 0.1) is 4.88 Å². The number of thiocarbonyl (C=S) groups is 1. The van der Waals surface area contributed by atoms with Gasteiger partial charge in [0.25, 0.3) is 11.8 Å². The van der Waals surface area contributed by atoms with E-state index in [0.29, 0.717) is 13.1 Å². The van der Waals surface area contributed by atoms with Crippen molar-refractivity contribution in [2.24, 2.45) is 0 Å². The van der Waals surface area contributed by atoms with Crippen molar-refractivity contribution in [2.45, 2.75) is 33.1 Å². The van der Waals surface area contributed by atoms with Crippen LogP contribution in [0.5, 0.6) is 0 Å². The Morgan fingerprint density at radius 2 is 1.72 bits per heavy atom. The van der Waals surface area contributed by atoms with Crippen LogP contribution >= 0.6 is 23.6 Å². The highest BCUT2D eigenvalue weighted by Crippen LogP contribution is 2.28. The molecular weight excluding hydrogens is 356 g/mol. The monoisotopic (exact) mass is 378 g/mol. The Hall–Kier alpha value is -1.80. The lowest BCUT2D eigenvalue weighted by Gasteiger charge is -2.35. The van der Waals surface area contributed by atoms with Crippen LogP contribution in [0.2, 0.25) is 0 Å². The van der Waals surface area contributed by atoms with Crippen molar-refractivity contribution < 1.29 is 9.59 Å². The number of anilines is 1. The van der Waals surface area contributed by atoms with Crippen molar-refractivity contribution in [3.63, 3.8) is 0 Å². The maximum absolute atomic E-state index is 12.6. The maximum Gasteiger partial charge on any atom is 0.265 e. The standard InChI is InChI=1S/C17H22N4O2S2/c1-3-20-14(22)13(15(23)21(4-2)17(20)24)10-12-11-18-16(25-12)19-8-6-5-7-9-19/h10-11H,3-9H2,1-2H3. The minimum absolute atomic E-state index is 0.158. The minimum Gasteiger partial charge on any atom is -0.348 e. The summed E-state index contributed by atoms with van der Waals surface area (Å²) in [5.74, 6) is -0.648. The molecule has 134 valence electrons. The number of amides is 2. The van der Waals surface area contributed by atoms with E-state index in [-0.39, 0.29) is 22.5 Å². The third-order valence-electron chi connectivity index (χ3n) is 4.47. The predicted molar refractivity (Wildman–Crippen MR) is 104 cm³/mol. The second kappa shape index (κ2) is 7.61. The Morgan fingerprint density at radius 1 is 1.12 bits per heavy atom.